The molecule has 2 N–H and O–H groups in total. The van der Waals surface area contributed by atoms with Crippen LogP contribution in [0.5, 0.6) is 0 Å². The van der Waals surface area contributed by atoms with Crippen molar-refractivity contribution >= 4 is 23.2 Å². The second-order valence-corrected chi connectivity index (χ2v) is 6.25. The molecule has 0 saturated heterocycles. The van der Waals surface area contributed by atoms with E-state index in [0.29, 0.717) is 12.2 Å². The van der Waals surface area contributed by atoms with Gasteiger partial charge in [-0.15, -0.1) is 0 Å². The highest BCUT2D eigenvalue weighted by molar-refractivity contribution is 6.10. The second kappa shape index (κ2) is 6.49. The normalized spacial score (nSPS) is 16.3. The van der Waals surface area contributed by atoms with Crippen LogP contribution in [0.1, 0.15) is 18.4 Å². The Kier molecular flexibility index (Phi) is 4.40. The fourth-order valence-electron chi connectivity index (χ4n) is 2.88. The van der Waals surface area contributed by atoms with E-state index in [1.54, 1.807) is 11.0 Å². The molecule has 2 aromatic rings. The lowest BCUT2D eigenvalue weighted by molar-refractivity contribution is -0.908. The number of amides is 2. The van der Waals surface area contributed by atoms with Gasteiger partial charge in [-0.1, -0.05) is 12.1 Å². The minimum atomic E-state index is -0.297. The summed E-state index contributed by atoms with van der Waals surface area (Å²) in [5.41, 5.74) is 1.42. The number of carbonyl (C=O) groups excluding carboxylic acids is 2. The molecule has 1 aliphatic heterocycles. The zero-order chi connectivity index (χ0) is 17.3. The highest BCUT2D eigenvalue weighted by atomic mass is 16.3. The van der Waals surface area contributed by atoms with E-state index in [-0.39, 0.29) is 24.4 Å². The van der Waals surface area contributed by atoms with Crippen LogP contribution in [0, 0.1) is 6.92 Å². The van der Waals surface area contributed by atoms with Gasteiger partial charge in [-0.2, -0.15) is 0 Å². The molecule has 2 heterocycles. The van der Waals surface area contributed by atoms with E-state index in [0.717, 1.165) is 22.1 Å². The summed E-state index contributed by atoms with van der Waals surface area (Å²) in [6.45, 7) is 4.44. The predicted octanol–water partition coefficient (Wildman–Crippen LogP) is 0.977. The van der Waals surface area contributed by atoms with Crippen LogP contribution in [0.25, 0.3) is 0 Å². The third-order valence-corrected chi connectivity index (χ3v) is 4.40. The molecular formula is C18H22N3O3+. The summed E-state index contributed by atoms with van der Waals surface area (Å²) in [5.74, 6) is 1.46. The molecule has 0 fully saturated rings. The van der Waals surface area contributed by atoms with E-state index >= 15 is 0 Å². The summed E-state index contributed by atoms with van der Waals surface area (Å²) in [4.78, 5) is 27.4. The first kappa shape index (κ1) is 16.3. The molecule has 1 aromatic carbocycles. The van der Waals surface area contributed by atoms with Gasteiger partial charge >= 0.3 is 0 Å². The average Bonchev–Trinajstić information content (AvgIpc) is 2.97. The van der Waals surface area contributed by atoms with Gasteiger partial charge in [-0.25, -0.2) is 0 Å². The molecule has 2 amide bonds. The highest BCUT2D eigenvalue weighted by Gasteiger charge is 2.33. The number of anilines is 2. The Hall–Kier alpha value is -2.60. The molecule has 3 rings (SSSR count). The molecule has 0 spiro atoms. The van der Waals surface area contributed by atoms with Crippen molar-refractivity contribution in [2.24, 2.45) is 0 Å². The molecule has 24 heavy (non-hydrogen) atoms. The lowest BCUT2D eigenvalue weighted by Gasteiger charge is -2.32. The first-order valence-electron chi connectivity index (χ1n) is 8.03. The Morgan fingerprint density at radius 3 is 2.79 bits per heavy atom. The molecule has 0 radical (unpaired) electrons. The average molecular weight is 328 g/mol. The van der Waals surface area contributed by atoms with Gasteiger partial charge in [0.15, 0.2) is 11.8 Å². The Morgan fingerprint density at radius 1 is 1.33 bits per heavy atom. The number of likely N-dealkylation sites (N-methyl/N-ethyl adjacent to an activating group) is 1. The molecule has 0 saturated carbocycles. The summed E-state index contributed by atoms with van der Waals surface area (Å²) in [6.07, 6.45) is 0. The summed E-state index contributed by atoms with van der Waals surface area (Å²) < 4.78 is 5.59. The van der Waals surface area contributed by atoms with Crippen LogP contribution in [0.4, 0.5) is 11.4 Å². The largest absolute Gasteiger partial charge is 0.460 e. The smallest absolute Gasteiger partial charge is 0.285 e. The van der Waals surface area contributed by atoms with Crippen LogP contribution >= 0.6 is 0 Å². The van der Waals surface area contributed by atoms with Crippen LogP contribution in [0.2, 0.25) is 0 Å². The molecule has 1 aliphatic rings. The van der Waals surface area contributed by atoms with E-state index in [9.17, 15) is 9.59 Å². The third kappa shape index (κ3) is 3.19. The van der Waals surface area contributed by atoms with E-state index in [1.807, 2.05) is 51.2 Å². The number of furan rings is 1. The van der Waals surface area contributed by atoms with Crippen molar-refractivity contribution in [3.8, 4) is 0 Å². The SMILES string of the molecule is Cc1ccc(C[NH+](C)[C@H](C)C(=O)N2CC(=O)Nc3ccccc32)o1. The highest BCUT2D eigenvalue weighted by Crippen LogP contribution is 2.29. The van der Waals surface area contributed by atoms with E-state index in [4.69, 9.17) is 4.42 Å². The first-order valence-corrected chi connectivity index (χ1v) is 8.03. The first-order chi connectivity index (χ1) is 11.5. The summed E-state index contributed by atoms with van der Waals surface area (Å²) in [5, 5.41) is 2.80. The maximum Gasteiger partial charge on any atom is 0.285 e. The maximum atomic E-state index is 12.9. The Balaban J connectivity index is 1.77. The maximum absolute atomic E-state index is 12.9. The fraction of sp³-hybridized carbons (Fsp3) is 0.333. The van der Waals surface area contributed by atoms with Crippen molar-refractivity contribution in [2.45, 2.75) is 26.4 Å². The lowest BCUT2D eigenvalue weighted by Crippen LogP contribution is -3.12. The van der Waals surface area contributed by atoms with Crippen molar-refractivity contribution in [1.29, 1.82) is 0 Å². The van der Waals surface area contributed by atoms with Crippen LogP contribution in [0.3, 0.4) is 0 Å². The van der Waals surface area contributed by atoms with Gasteiger partial charge in [-0.3, -0.25) is 14.5 Å². The second-order valence-electron chi connectivity index (χ2n) is 6.25. The van der Waals surface area contributed by atoms with Gasteiger partial charge in [0.2, 0.25) is 5.91 Å². The number of nitrogens with zero attached hydrogens (tertiary/aromatic N) is 1. The zero-order valence-electron chi connectivity index (χ0n) is 14.1. The quantitative estimate of drug-likeness (QED) is 0.879. The minimum absolute atomic E-state index is 0.0489. The monoisotopic (exact) mass is 328 g/mol. The van der Waals surface area contributed by atoms with Crippen LogP contribution < -0.4 is 15.1 Å². The van der Waals surface area contributed by atoms with Crippen molar-refractivity contribution in [1.82, 2.24) is 0 Å². The van der Waals surface area contributed by atoms with Gasteiger partial charge in [-0.05, 0) is 38.1 Å². The number of quaternary nitrogens is 1. The number of nitrogens with one attached hydrogen (secondary N) is 2. The molecule has 0 bridgehead atoms. The summed E-state index contributed by atoms with van der Waals surface area (Å²) in [7, 11) is 1.95. The number of fused-ring (bicyclic) bond motifs is 1. The van der Waals surface area contributed by atoms with Crippen LogP contribution in [0.15, 0.2) is 40.8 Å². The van der Waals surface area contributed by atoms with Gasteiger partial charge in [0, 0.05) is 0 Å². The number of para-hydroxylation sites is 2. The molecule has 6 nitrogen and oxygen atoms in total. The number of aryl methyl sites for hydroxylation is 1. The van der Waals surface area contributed by atoms with E-state index in [1.165, 1.54) is 0 Å². The van der Waals surface area contributed by atoms with E-state index in [2.05, 4.69) is 5.32 Å². The molecule has 0 aliphatic carbocycles. The molecular weight excluding hydrogens is 306 g/mol. The molecule has 1 aromatic heterocycles. The number of hydrogen-bond acceptors (Lipinski definition) is 3. The van der Waals surface area contributed by atoms with Gasteiger partial charge in [0.05, 0.1) is 18.4 Å². The number of rotatable bonds is 4. The van der Waals surface area contributed by atoms with Crippen molar-refractivity contribution in [3.05, 3.63) is 47.9 Å². The summed E-state index contributed by atoms with van der Waals surface area (Å²) in [6, 6.07) is 10.9. The van der Waals surface area contributed by atoms with E-state index < -0.39 is 0 Å². The van der Waals surface area contributed by atoms with Crippen molar-refractivity contribution in [3.63, 3.8) is 0 Å². The van der Waals surface area contributed by atoms with Crippen LogP contribution in [-0.4, -0.2) is 31.4 Å². The lowest BCUT2D eigenvalue weighted by atomic mass is 10.1. The topological polar surface area (TPSA) is 67.0 Å². The third-order valence-electron chi connectivity index (χ3n) is 4.40. The molecule has 6 heteroatoms. The minimum Gasteiger partial charge on any atom is -0.460 e. The van der Waals surface area contributed by atoms with Gasteiger partial charge in [0.1, 0.15) is 18.8 Å². The predicted molar refractivity (Wildman–Crippen MR) is 90.9 cm³/mol. The fourth-order valence-corrected chi connectivity index (χ4v) is 2.88. The number of hydrogen-bond donors (Lipinski definition) is 2. The standard InChI is InChI=1S/C18H21N3O3/c1-12-8-9-14(24-12)10-20(3)13(2)18(23)21-11-17(22)19-15-6-4-5-7-16(15)21/h4-9,13H,10-11H2,1-3H3,(H,19,22)/p+1/t13-/m1/s1. The number of carbonyl (C=O) groups is 2. The van der Waals surface area contributed by atoms with Gasteiger partial charge in [0.25, 0.3) is 5.91 Å². The number of benzene rings is 1. The van der Waals surface area contributed by atoms with Crippen LogP contribution in [-0.2, 0) is 16.1 Å². The summed E-state index contributed by atoms with van der Waals surface area (Å²) >= 11 is 0. The Labute approximate surface area is 141 Å². The molecule has 2 atom stereocenters. The van der Waals surface area contributed by atoms with Crippen molar-refractivity contribution in [2.75, 3.05) is 23.8 Å². The Morgan fingerprint density at radius 2 is 2.08 bits per heavy atom. The molecule has 126 valence electrons. The van der Waals surface area contributed by atoms with Crippen molar-refractivity contribution < 1.29 is 18.9 Å². The zero-order valence-corrected chi connectivity index (χ0v) is 14.1. The molecule has 1 unspecified atom stereocenters. The van der Waals surface area contributed by atoms with Gasteiger partial charge < -0.3 is 14.6 Å². The Bertz CT molecular complexity index is 768.